The van der Waals surface area contributed by atoms with E-state index in [9.17, 15) is 0 Å². The molecule has 0 fully saturated rings. The highest BCUT2D eigenvalue weighted by molar-refractivity contribution is 6.42. The maximum Gasteiger partial charge on any atom is 0.0612 e. The van der Waals surface area contributed by atoms with E-state index in [1.165, 1.54) is 6.42 Å². The smallest absolute Gasteiger partial charge is 0.0612 e. The molecule has 1 aromatic rings. The normalized spacial score (nSPS) is 10.8. The molecule has 90 valence electrons. The lowest BCUT2D eigenvalue weighted by Gasteiger charge is -2.10. The Balaban J connectivity index is 2.24. The molecule has 0 aromatic heterocycles. The first-order valence-electron chi connectivity index (χ1n) is 5.43. The third kappa shape index (κ3) is 5.06. The van der Waals surface area contributed by atoms with Gasteiger partial charge >= 0.3 is 0 Å². The van der Waals surface area contributed by atoms with Gasteiger partial charge in [0.25, 0.3) is 0 Å². The van der Waals surface area contributed by atoms with Gasteiger partial charge in [0.05, 0.1) is 10.0 Å². The average Bonchev–Trinajstić information content (AvgIpc) is 2.22. The maximum atomic E-state index is 5.92. The Labute approximate surface area is 108 Å². The van der Waals surface area contributed by atoms with Crippen molar-refractivity contribution in [3.8, 4) is 0 Å². The molecule has 0 spiro atoms. The minimum Gasteiger partial charge on any atom is -0.385 e. The average molecular weight is 261 g/mol. The molecule has 0 radical (unpaired) electrons. The highest BCUT2D eigenvalue weighted by Gasteiger charge is 1.98. The second-order valence-corrected chi connectivity index (χ2v) is 4.88. The summed E-state index contributed by atoms with van der Waals surface area (Å²) in [5, 5.41) is 4.52. The highest BCUT2D eigenvalue weighted by atomic mass is 35.5. The number of anilines is 1. The molecular weight excluding hydrogens is 243 g/mol. The molecule has 0 unspecified atom stereocenters. The van der Waals surface area contributed by atoms with Crippen molar-refractivity contribution in [1.82, 2.24) is 4.90 Å². The number of nitrogens with one attached hydrogen (secondary N) is 1. The van der Waals surface area contributed by atoms with Crippen LogP contribution >= 0.6 is 23.2 Å². The Bertz CT molecular complexity index is 327. The minimum absolute atomic E-state index is 0.597. The van der Waals surface area contributed by atoms with E-state index in [1.54, 1.807) is 0 Å². The van der Waals surface area contributed by atoms with E-state index in [0.717, 1.165) is 25.2 Å². The zero-order valence-corrected chi connectivity index (χ0v) is 11.3. The van der Waals surface area contributed by atoms with Gasteiger partial charge in [-0.1, -0.05) is 23.2 Å². The molecule has 2 nitrogen and oxygen atoms in total. The Morgan fingerprint density at radius 1 is 1.12 bits per heavy atom. The maximum absolute atomic E-state index is 5.92. The molecule has 0 heterocycles. The van der Waals surface area contributed by atoms with Crippen LogP contribution in [0.4, 0.5) is 5.69 Å². The van der Waals surface area contributed by atoms with Gasteiger partial charge in [-0.2, -0.15) is 0 Å². The van der Waals surface area contributed by atoms with Gasteiger partial charge in [-0.25, -0.2) is 0 Å². The minimum atomic E-state index is 0.597. The fraction of sp³-hybridized carbons (Fsp3) is 0.500. The standard InChI is InChI=1S/C12H18Cl2N2/c1-16(2)8-4-3-7-15-10-5-6-11(13)12(14)9-10/h5-6,9,15H,3-4,7-8H2,1-2H3. The molecule has 4 heteroatoms. The fourth-order valence-corrected chi connectivity index (χ4v) is 1.69. The van der Waals surface area contributed by atoms with Crippen LogP contribution in [0.5, 0.6) is 0 Å². The topological polar surface area (TPSA) is 15.3 Å². The summed E-state index contributed by atoms with van der Waals surface area (Å²) in [7, 11) is 4.18. The number of nitrogens with zero attached hydrogens (tertiary/aromatic N) is 1. The Hall–Kier alpha value is -0.440. The SMILES string of the molecule is CN(C)CCCCNc1ccc(Cl)c(Cl)c1. The summed E-state index contributed by atoms with van der Waals surface area (Å²) in [5.74, 6) is 0. The molecule has 1 rings (SSSR count). The molecular formula is C12H18Cl2N2. The van der Waals surface area contributed by atoms with Crippen molar-refractivity contribution in [3.63, 3.8) is 0 Å². The molecule has 0 aliphatic carbocycles. The van der Waals surface area contributed by atoms with Crippen LogP contribution in [0.2, 0.25) is 10.0 Å². The number of benzene rings is 1. The van der Waals surface area contributed by atoms with E-state index in [-0.39, 0.29) is 0 Å². The fourth-order valence-electron chi connectivity index (χ4n) is 1.39. The number of hydrogen-bond acceptors (Lipinski definition) is 2. The zero-order valence-electron chi connectivity index (χ0n) is 9.76. The van der Waals surface area contributed by atoms with E-state index >= 15 is 0 Å². The van der Waals surface area contributed by atoms with E-state index in [4.69, 9.17) is 23.2 Å². The highest BCUT2D eigenvalue weighted by Crippen LogP contribution is 2.24. The van der Waals surface area contributed by atoms with Gasteiger partial charge in [0.15, 0.2) is 0 Å². The number of rotatable bonds is 6. The largest absolute Gasteiger partial charge is 0.385 e. The second kappa shape index (κ2) is 7.00. The lowest BCUT2D eigenvalue weighted by molar-refractivity contribution is 0.396. The van der Waals surface area contributed by atoms with Crippen LogP contribution in [-0.4, -0.2) is 32.1 Å². The van der Waals surface area contributed by atoms with Gasteiger partial charge in [0.2, 0.25) is 0 Å². The summed E-state index contributed by atoms with van der Waals surface area (Å²) in [4.78, 5) is 2.19. The first-order valence-corrected chi connectivity index (χ1v) is 6.19. The van der Waals surface area contributed by atoms with Crippen LogP contribution in [-0.2, 0) is 0 Å². The van der Waals surface area contributed by atoms with E-state index < -0.39 is 0 Å². The van der Waals surface area contributed by atoms with E-state index in [0.29, 0.717) is 10.0 Å². The third-order valence-electron chi connectivity index (χ3n) is 2.28. The molecule has 0 saturated carbocycles. The Morgan fingerprint density at radius 2 is 1.88 bits per heavy atom. The van der Waals surface area contributed by atoms with Crippen molar-refractivity contribution >= 4 is 28.9 Å². The zero-order chi connectivity index (χ0) is 12.0. The summed E-state index contributed by atoms with van der Waals surface area (Å²) in [6.45, 7) is 2.09. The van der Waals surface area contributed by atoms with Crippen molar-refractivity contribution in [2.75, 3.05) is 32.5 Å². The van der Waals surface area contributed by atoms with Gasteiger partial charge < -0.3 is 10.2 Å². The van der Waals surface area contributed by atoms with Crippen LogP contribution in [0.25, 0.3) is 0 Å². The summed E-state index contributed by atoms with van der Waals surface area (Å²) in [6.07, 6.45) is 2.35. The summed E-state index contributed by atoms with van der Waals surface area (Å²) in [6, 6.07) is 5.61. The predicted molar refractivity (Wildman–Crippen MR) is 72.7 cm³/mol. The van der Waals surface area contributed by atoms with Crippen molar-refractivity contribution in [2.45, 2.75) is 12.8 Å². The van der Waals surface area contributed by atoms with Crippen LogP contribution in [0.15, 0.2) is 18.2 Å². The van der Waals surface area contributed by atoms with Crippen LogP contribution in [0.1, 0.15) is 12.8 Å². The number of hydrogen-bond donors (Lipinski definition) is 1. The molecule has 1 N–H and O–H groups in total. The summed E-state index contributed by atoms with van der Waals surface area (Å²) >= 11 is 11.8. The van der Waals surface area contributed by atoms with Crippen molar-refractivity contribution < 1.29 is 0 Å². The quantitative estimate of drug-likeness (QED) is 0.784. The third-order valence-corrected chi connectivity index (χ3v) is 3.02. The van der Waals surface area contributed by atoms with Crippen LogP contribution < -0.4 is 5.32 Å². The first kappa shape index (κ1) is 13.6. The number of halogens is 2. The molecule has 0 aliphatic rings. The number of unbranched alkanes of at least 4 members (excludes halogenated alkanes) is 1. The molecule has 1 aromatic carbocycles. The van der Waals surface area contributed by atoms with Gasteiger partial charge in [0, 0.05) is 12.2 Å². The van der Waals surface area contributed by atoms with Gasteiger partial charge in [0.1, 0.15) is 0 Å². The summed E-state index contributed by atoms with van der Waals surface area (Å²) < 4.78 is 0. The van der Waals surface area contributed by atoms with Gasteiger partial charge in [-0.15, -0.1) is 0 Å². The van der Waals surface area contributed by atoms with Crippen LogP contribution in [0, 0.1) is 0 Å². The van der Waals surface area contributed by atoms with Gasteiger partial charge in [-0.3, -0.25) is 0 Å². The van der Waals surface area contributed by atoms with Crippen molar-refractivity contribution in [1.29, 1.82) is 0 Å². The molecule has 0 amide bonds. The Morgan fingerprint density at radius 3 is 2.50 bits per heavy atom. The molecule has 0 bridgehead atoms. The molecule has 16 heavy (non-hydrogen) atoms. The lowest BCUT2D eigenvalue weighted by Crippen LogP contribution is -2.14. The molecule has 0 aliphatic heterocycles. The van der Waals surface area contributed by atoms with Crippen molar-refractivity contribution in [2.24, 2.45) is 0 Å². The second-order valence-electron chi connectivity index (χ2n) is 4.07. The summed E-state index contributed by atoms with van der Waals surface area (Å²) in [5.41, 5.74) is 1.03. The van der Waals surface area contributed by atoms with Gasteiger partial charge in [-0.05, 0) is 51.7 Å². The predicted octanol–water partition coefficient (Wildman–Crippen LogP) is 3.75. The Kier molecular flexibility index (Phi) is 5.96. The molecule has 0 atom stereocenters. The monoisotopic (exact) mass is 260 g/mol. The molecule has 0 saturated heterocycles. The van der Waals surface area contributed by atoms with E-state index in [1.807, 2.05) is 18.2 Å². The van der Waals surface area contributed by atoms with Crippen molar-refractivity contribution in [3.05, 3.63) is 28.2 Å². The first-order chi connectivity index (χ1) is 7.59. The lowest BCUT2D eigenvalue weighted by atomic mass is 10.2. The van der Waals surface area contributed by atoms with Crippen LogP contribution in [0.3, 0.4) is 0 Å². The van der Waals surface area contributed by atoms with E-state index in [2.05, 4.69) is 24.3 Å².